The van der Waals surface area contributed by atoms with Gasteiger partial charge < -0.3 is 0 Å². The number of carbonyl (C=O) groups excluding carboxylic acids is 1. The maximum atomic E-state index is 13.2. The molecule has 5 aliphatic rings. The molecule has 5 unspecified atom stereocenters. The molecule has 1 heterocycles. The van der Waals surface area contributed by atoms with E-state index in [4.69, 9.17) is 0 Å². The van der Waals surface area contributed by atoms with Crippen LogP contribution >= 0.6 is 0 Å². The average molecular weight is 425 g/mol. The van der Waals surface area contributed by atoms with E-state index in [1.165, 1.54) is 37.7 Å². The van der Waals surface area contributed by atoms with Crippen molar-refractivity contribution in [3.63, 3.8) is 0 Å². The van der Waals surface area contributed by atoms with Crippen LogP contribution in [0.25, 0.3) is 0 Å². The van der Waals surface area contributed by atoms with E-state index < -0.39 is 0 Å². The smallest absolute Gasteiger partial charge is 0.246 e. The highest BCUT2D eigenvalue weighted by Gasteiger charge is 2.83. The Bertz CT molecular complexity index is 1090. The van der Waals surface area contributed by atoms with E-state index in [2.05, 4.69) is 70.6 Å². The van der Waals surface area contributed by atoms with E-state index in [1.54, 1.807) is 5.56 Å². The van der Waals surface area contributed by atoms with Gasteiger partial charge in [-0.15, -0.1) is 0 Å². The van der Waals surface area contributed by atoms with Gasteiger partial charge in [0, 0.05) is 37.2 Å². The van der Waals surface area contributed by atoms with Gasteiger partial charge in [0.25, 0.3) is 0 Å². The minimum absolute atomic E-state index is 0.153. The highest BCUT2D eigenvalue weighted by molar-refractivity contribution is 5.98. The molecule has 2 bridgehead atoms. The highest BCUT2D eigenvalue weighted by Crippen LogP contribution is 2.89. The highest BCUT2D eigenvalue weighted by atomic mass is 16.1. The molecule has 164 valence electrons. The summed E-state index contributed by atoms with van der Waals surface area (Å²) in [6.45, 7) is 2.80. The monoisotopic (exact) mass is 424 g/mol. The first-order valence-corrected chi connectivity index (χ1v) is 12.5. The molecule has 0 aromatic heterocycles. The zero-order valence-corrected chi connectivity index (χ0v) is 18.8. The fourth-order valence-corrected chi connectivity index (χ4v) is 9.16. The first-order chi connectivity index (χ1) is 15.6. The van der Waals surface area contributed by atoms with Gasteiger partial charge in [0.15, 0.2) is 0 Å². The summed E-state index contributed by atoms with van der Waals surface area (Å²) in [6.07, 6.45) is 8.15. The molecule has 4 aliphatic carbocycles. The molecule has 3 heteroatoms. The van der Waals surface area contributed by atoms with Crippen molar-refractivity contribution in [3.8, 4) is 0 Å². The molecule has 2 aromatic carbocycles. The van der Waals surface area contributed by atoms with Gasteiger partial charge in [-0.05, 0) is 72.3 Å². The predicted molar refractivity (Wildman–Crippen MR) is 126 cm³/mol. The lowest BCUT2D eigenvalue weighted by Crippen LogP contribution is -2.68. The Kier molecular flexibility index (Phi) is 3.99. The standard InChI is InChI=1S/C29H32N2O/c32-26(30-25-11-12-31(18-25)17-21-7-3-1-4-8-21)16-27-14-23-13-24-15-28(19-27,29(23,24)20-27)22-9-5-2-6-10-22/h1-10,23-24H,11-20H2/b30-25+. The topological polar surface area (TPSA) is 32.7 Å². The molecule has 1 saturated heterocycles. The van der Waals surface area contributed by atoms with Gasteiger partial charge in [-0.2, -0.15) is 0 Å². The number of hydrogen-bond donors (Lipinski definition) is 0. The lowest BCUT2D eigenvalue weighted by molar-refractivity contribution is -0.201. The Morgan fingerprint density at radius 3 is 2.50 bits per heavy atom. The van der Waals surface area contributed by atoms with Crippen molar-refractivity contribution in [2.45, 2.75) is 56.9 Å². The van der Waals surface area contributed by atoms with Crippen LogP contribution in [0.3, 0.4) is 0 Å². The third-order valence-electron chi connectivity index (χ3n) is 10.0. The molecule has 7 rings (SSSR count). The van der Waals surface area contributed by atoms with Crippen LogP contribution in [0.15, 0.2) is 65.7 Å². The number of rotatable bonds is 5. The number of benzene rings is 2. The summed E-state index contributed by atoms with van der Waals surface area (Å²) >= 11 is 0. The van der Waals surface area contributed by atoms with Gasteiger partial charge in [0.05, 0.1) is 0 Å². The Morgan fingerprint density at radius 1 is 0.969 bits per heavy atom. The first kappa shape index (κ1) is 19.2. The normalized spacial score (nSPS) is 40.2. The molecule has 5 atom stereocenters. The zero-order chi connectivity index (χ0) is 21.4. The summed E-state index contributed by atoms with van der Waals surface area (Å²) < 4.78 is 0. The molecule has 0 N–H and O–H groups in total. The Hall–Kier alpha value is -2.26. The Balaban J connectivity index is 1.06. The lowest BCUT2D eigenvalue weighted by Gasteiger charge is -2.73. The minimum Gasteiger partial charge on any atom is -0.293 e. The molecule has 4 saturated carbocycles. The number of amides is 1. The van der Waals surface area contributed by atoms with Crippen LogP contribution in [0, 0.1) is 22.7 Å². The number of nitrogens with zero attached hydrogens (tertiary/aromatic N) is 2. The van der Waals surface area contributed by atoms with Crippen molar-refractivity contribution < 1.29 is 4.79 Å². The average Bonchev–Trinajstić information content (AvgIpc) is 3.42. The predicted octanol–water partition coefficient (Wildman–Crippen LogP) is 5.40. The van der Waals surface area contributed by atoms with Crippen molar-refractivity contribution in [3.05, 3.63) is 71.8 Å². The second-order valence-corrected chi connectivity index (χ2v) is 11.6. The summed E-state index contributed by atoms with van der Waals surface area (Å²) in [7, 11) is 0. The van der Waals surface area contributed by atoms with Crippen LogP contribution in [-0.4, -0.2) is 29.6 Å². The number of aliphatic imine (C=N–C) groups is 1. The summed E-state index contributed by atoms with van der Waals surface area (Å²) in [5, 5.41) is 0. The van der Waals surface area contributed by atoms with E-state index >= 15 is 0 Å². The summed E-state index contributed by atoms with van der Waals surface area (Å²) in [4.78, 5) is 20.3. The van der Waals surface area contributed by atoms with E-state index in [-0.39, 0.29) is 11.3 Å². The fourth-order valence-electron chi connectivity index (χ4n) is 9.16. The molecular weight excluding hydrogens is 392 g/mol. The van der Waals surface area contributed by atoms with Crippen molar-refractivity contribution in [1.29, 1.82) is 0 Å². The Labute approximate surface area is 190 Å². The number of hydrogen-bond acceptors (Lipinski definition) is 2. The van der Waals surface area contributed by atoms with Crippen LogP contribution in [0.1, 0.15) is 56.1 Å². The van der Waals surface area contributed by atoms with Crippen molar-refractivity contribution >= 4 is 11.6 Å². The number of likely N-dealkylation sites (tertiary alicyclic amines) is 1. The molecule has 5 fully saturated rings. The second kappa shape index (κ2) is 6.63. The van der Waals surface area contributed by atoms with Crippen LogP contribution in [0.5, 0.6) is 0 Å². The molecular formula is C29H32N2O. The van der Waals surface area contributed by atoms with Gasteiger partial charge in [0.1, 0.15) is 0 Å². The maximum absolute atomic E-state index is 13.2. The summed E-state index contributed by atoms with van der Waals surface area (Å²) in [5.74, 6) is 1.92. The third-order valence-corrected chi connectivity index (χ3v) is 10.0. The SMILES string of the molecule is O=C(CC12CC3CC4CC(c5ccccc5)(C1)C34C2)/N=C1\CCN(Cc2ccccc2)C1. The van der Waals surface area contributed by atoms with Crippen LogP contribution in [-0.2, 0) is 16.8 Å². The van der Waals surface area contributed by atoms with E-state index in [0.717, 1.165) is 43.6 Å². The quantitative estimate of drug-likeness (QED) is 0.644. The van der Waals surface area contributed by atoms with Gasteiger partial charge in [-0.3, -0.25) is 9.69 Å². The van der Waals surface area contributed by atoms with E-state index in [1.807, 2.05) is 0 Å². The van der Waals surface area contributed by atoms with Crippen LogP contribution in [0.2, 0.25) is 0 Å². The van der Waals surface area contributed by atoms with Gasteiger partial charge >= 0.3 is 0 Å². The zero-order valence-electron chi connectivity index (χ0n) is 18.8. The van der Waals surface area contributed by atoms with E-state index in [0.29, 0.717) is 17.3 Å². The first-order valence-electron chi connectivity index (χ1n) is 12.5. The largest absolute Gasteiger partial charge is 0.293 e. The minimum atomic E-state index is 0.153. The fraction of sp³-hybridized carbons (Fsp3) is 0.517. The van der Waals surface area contributed by atoms with Gasteiger partial charge in [-0.25, -0.2) is 4.99 Å². The van der Waals surface area contributed by atoms with Crippen LogP contribution < -0.4 is 0 Å². The molecule has 2 aromatic rings. The Morgan fingerprint density at radius 2 is 1.72 bits per heavy atom. The second-order valence-electron chi connectivity index (χ2n) is 11.6. The van der Waals surface area contributed by atoms with Gasteiger partial charge in [-0.1, -0.05) is 60.7 Å². The number of carbonyl (C=O) groups is 1. The maximum Gasteiger partial charge on any atom is 0.246 e. The molecule has 1 aliphatic heterocycles. The van der Waals surface area contributed by atoms with Crippen molar-refractivity contribution in [1.82, 2.24) is 4.90 Å². The van der Waals surface area contributed by atoms with E-state index in [9.17, 15) is 4.79 Å². The molecule has 3 nitrogen and oxygen atoms in total. The van der Waals surface area contributed by atoms with Crippen molar-refractivity contribution in [2.75, 3.05) is 13.1 Å². The number of fused-ring (bicyclic) bond motifs is 1. The van der Waals surface area contributed by atoms with Crippen molar-refractivity contribution in [2.24, 2.45) is 27.7 Å². The molecule has 32 heavy (non-hydrogen) atoms. The summed E-state index contributed by atoms with van der Waals surface area (Å²) in [6, 6.07) is 21.9. The summed E-state index contributed by atoms with van der Waals surface area (Å²) in [5.41, 5.74) is 5.05. The van der Waals surface area contributed by atoms with Gasteiger partial charge in [0.2, 0.25) is 5.91 Å². The molecule has 1 spiro atoms. The molecule has 0 radical (unpaired) electrons. The lowest BCUT2D eigenvalue weighted by atomic mass is 9.30. The third kappa shape index (κ3) is 2.52. The molecule has 1 amide bonds. The van der Waals surface area contributed by atoms with Crippen LogP contribution in [0.4, 0.5) is 0 Å².